The summed E-state index contributed by atoms with van der Waals surface area (Å²) in [7, 11) is 0. The molecule has 2 heteroatoms. The largest absolute Gasteiger partial charge is 0.508 e. The zero-order valence-corrected chi connectivity index (χ0v) is 6.04. The molecular formula is C9H9NO. The third kappa shape index (κ3) is 1.44. The number of rotatable bonds is 1. The van der Waals surface area contributed by atoms with E-state index < -0.39 is 0 Å². The number of nitrogen functional groups attached to an aromatic ring is 1. The lowest BCUT2D eigenvalue weighted by atomic mass is 10.1. The van der Waals surface area contributed by atoms with E-state index in [0.717, 1.165) is 0 Å². The Morgan fingerprint density at radius 3 is 2.82 bits per heavy atom. The SMILES string of the molecule is C#CCc1c(N)cccc1O. The summed E-state index contributed by atoms with van der Waals surface area (Å²) < 4.78 is 0. The fourth-order valence-corrected chi connectivity index (χ4v) is 0.887. The smallest absolute Gasteiger partial charge is 0.121 e. The number of phenolic OH excluding ortho intramolecular Hbond substituents is 1. The van der Waals surface area contributed by atoms with E-state index in [4.69, 9.17) is 12.2 Å². The molecule has 0 saturated carbocycles. The van der Waals surface area contributed by atoms with Crippen molar-refractivity contribution < 1.29 is 5.11 Å². The lowest BCUT2D eigenvalue weighted by Gasteiger charge is -2.02. The zero-order valence-electron chi connectivity index (χ0n) is 6.04. The number of anilines is 1. The van der Waals surface area contributed by atoms with Crippen LogP contribution in [0, 0.1) is 12.3 Å². The maximum atomic E-state index is 9.25. The molecule has 0 aliphatic heterocycles. The molecule has 0 fully saturated rings. The number of nitrogens with two attached hydrogens (primary N) is 1. The zero-order chi connectivity index (χ0) is 8.27. The third-order valence-corrected chi connectivity index (χ3v) is 1.47. The highest BCUT2D eigenvalue weighted by molar-refractivity contribution is 5.54. The van der Waals surface area contributed by atoms with E-state index in [1.807, 2.05) is 0 Å². The van der Waals surface area contributed by atoms with E-state index in [2.05, 4.69) is 5.92 Å². The molecule has 0 unspecified atom stereocenters. The Bertz CT molecular complexity index is 279. The summed E-state index contributed by atoms with van der Waals surface area (Å²) in [5, 5.41) is 9.25. The van der Waals surface area contributed by atoms with Crippen LogP contribution in [0.3, 0.4) is 0 Å². The molecule has 0 radical (unpaired) electrons. The van der Waals surface area contributed by atoms with Gasteiger partial charge in [0.1, 0.15) is 5.75 Å². The fourth-order valence-electron chi connectivity index (χ4n) is 0.887. The van der Waals surface area contributed by atoms with Crippen LogP contribution in [0.15, 0.2) is 18.2 Å². The van der Waals surface area contributed by atoms with E-state index >= 15 is 0 Å². The Hall–Kier alpha value is -1.62. The average molecular weight is 147 g/mol. The number of terminal acetylenes is 1. The molecule has 0 saturated heterocycles. The molecular weight excluding hydrogens is 138 g/mol. The summed E-state index contributed by atoms with van der Waals surface area (Å²) >= 11 is 0. The Kier molecular flexibility index (Phi) is 2.03. The van der Waals surface area contributed by atoms with Crippen molar-refractivity contribution in [2.45, 2.75) is 6.42 Å². The predicted octanol–water partition coefficient (Wildman–Crippen LogP) is 1.15. The number of phenols is 1. The van der Waals surface area contributed by atoms with Crippen molar-refractivity contribution in [2.75, 3.05) is 5.73 Å². The number of hydrogen-bond acceptors (Lipinski definition) is 2. The quantitative estimate of drug-likeness (QED) is 0.462. The molecule has 0 atom stereocenters. The molecule has 0 spiro atoms. The second-order valence-electron chi connectivity index (χ2n) is 2.23. The summed E-state index contributed by atoms with van der Waals surface area (Å²) in [5.41, 5.74) is 6.73. The second-order valence-corrected chi connectivity index (χ2v) is 2.23. The van der Waals surface area contributed by atoms with Crippen molar-refractivity contribution in [3.63, 3.8) is 0 Å². The van der Waals surface area contributed by atoms with Crippen LogP contribution in [-0.4, -0.2) is 5.11 Å². The van der Waals surface area contributed by atoms with E-state index in [1.165, 1.54) is 0 Å². The minimum Gasteiger partial charge on any atom is -0.508 e. The van der Waals surface area contributed by atoms with Gasteiger partial charge >= 0.3 is 0 Å². The first kappa shape index (κ1) is 7.49. The monoisotopic (exact) mass is 147 g/mol. The van der Waals surface area contributed by atoms with Crippen LogP contribution >= 0.6 is 0 Å². The lowest BCUT2D eigenvalue weighted by Crippen LogP contribution is -1.92. The van der Waals surface area contributed by atoms with Gasteiger partial charge < -0.3 is 10.8 Å². The van der Waals surface area contributed by atoms with Crippen molar-refractivity contribution in [1.29, 1.82) is 0 Å². The summed E-state index contributed by atoms with van der Waals surface area (Å²) in [4.78, 5) is 0. The van der Waals surface area contributed by atoms with Gasteiger partial charge in [-0.3, -0.25) is 0 Å². The molecule has 11 heavy (non-hydrogen) atoms. The fraction of sp³-hybridized carbons (Fsp3) is 0.111. The Labute approximate surface area is 65.7 Å². The summed E-state index contributed by atoms with van der Waals surface area (Å²) in [5.74, 6) is 2.60. The lowest BCUT2D eigenvalue weighted by molar-refractivity contribution is 0.470. The molecule has 0 bridgehead atoms. The van der Waals surface area contributed by atoms with Gasteiger partial charge in [-0.05, 0) is 12.1 Å². The molecule has 0 aromatic heterocycles. The minimum absolute atomic E-state index is 0.169. The molecule has 1 aromatic rings. The molecule has 56 valence electrons. The standard InChI is InChI=1S/C9H9NO/c1-2-4-7-8(10)5-3-6-9(7)11/h1,3,5-6,11H,4,10H2. The highest BCUT2D eigenvalue weighted by atomic mass is 16.3. The molecule has 0 amide bonds. The molecule has 0 aliphatic carbocycles. The van der Waals surface area contributed by atoms with Gasteiger partial charge in [-0.15, -0.1) is 12.3 Å². The van der Waals surface area contributed by atoms with Gasteiger partial charge in [0, 0.05) is 17.7 Å². The van der Waals surface area contributed by atoms with Crippen LogP contribution in [0.4, 0.5) is 5.69 Å². The average Bonchev–Trinajstić information content (AvgIpc) is 1.97. The van der Waals surface area contributed by atoms with Gasteiger partial charge in [-0.25, -0.2) is 0 Å². The van der Waals surface area contributed by atoms with Crippen LogP contribution in [-0.2, 0) is 6.42 Å². The number of hydrogen-bond donors (Lipinski definition) is 2. The third-order valence-electron chi connectivity index (χ3n) is 1.47. The second kappa shape index (κ2) is 2.98. The first-order chi connectivity index (χ1) is 5.25. The first-order valence-electron chi connectivity index (χ1n) is 3.25. The van der Waals surface area contributed by atoms with Crippen LogP contribution in [0.25, 0.3) is 0 Å². The molecule has 2 nitrogen and oxygen atoms in total. The van der Waals surface area contributed by atoms with E-state index in [1.54, 1.807) is 18.2 Å². The molecule has 3 N–H and O–H groups in total. The van der Waals surface area contributed by atoms with Gasteiger partial charge in [-0.2, -0.15) is 0 Å². The van der Waals surface area contributed by atoms with Crippen LogP contribution in [0.5, 0.6) is 5.75 Å². The van der Waals surface area contributed by atoms with E-state index in [-0.39, 0.29) is 5.75 Å². The van der Waals surface area contributed by atoms with Crippen molar-refractivity contribution in [2.24, 2.45) is 0 Å². The highest BCUT2D eigenvalue weighted by Crippen LogP contribution is 2.22. The summed E-state index contributed by atoms with van der Waals surface area (Å²) in [6, 6.07) is 4.97. The normalized spacial score (nSPS) is 9.00. The number of aromatic hydroxyl groups is 1. The van der Waals surface area contributed by atoms with Gasteiger partial charge in [0.2, 0.25) is 0 Å². The topological polar surface area (TPSA) is 46.2 Å². The Morgan fingerprint density at radius 2 is 2.27 bits per heavy atom. The van der Waals surface area contributed by atoms with Crippen molar-refractivity contribution >= 4 is 5.69 Å². The summed E-state index contributed by atoms with van der Waals surface area (Å²) in [6.45, 7) is 0. The maximum Gasteiger partial charge on any atom is 0.121 e. The predicted molar refractivity (Wildman–Crippen MR) is 45.1 cm³/mol. The summed E-state index contributed by atoms with van der Waals surface area (Å²) in [6.07, 6.45) is 5.46. The first-order valence-corrected chi connectivity index (χ1v) is 3.25. The van der Waals surface area contributed by atoms with Gasteiger partial charge in [0.15, 0.2) is 0 Å². The molecule has 0 aliphatic rings. The van der Waals surface area contributed by atoms with Gasteiger partial charge in [0.05, 0.1) is 0 Å². The highest BCUT2D eigenvalue weighted by Gasteiger charge is 2.01. The van der Waals surface area contributed by atoms with E-state index in [0.29, 0.717) is 17.7 Å². The maximum absolute atomic E-state index is 9.25. The molecule has 0 heterocycles. The molecule has 1 rings (SSSR count). The van der Waals surface area contributed by atoms with Crippen molar-refractivity contribution in [3.05, 3.63) is 23.8 Å². The number of benzene rings is 1. The molecule has 1 aromatic carbocycles. The Balaban J connectivity index is 3.12. The minimum atomic E-state index is 0.169. The van der Waals surface area contributed by atoms with Gasteiger partial charge in [0.25, 0.3) is 0 Å². The van der Waals surface area contributed by atoms with Crippen LogP contribution < -0.4 is 5.73 Å². The van der Waals surface area contributed by atoms with Crippen LogP contribution in [0.1, 0.15) is 5.56 Å². The van der Waals surface area contributed by atoms with E-state index in [9.17, 15) is 5.11 Å². The van der Waals surface area contributed by atoms with Crippen molar-refractivity contribution in [1.82, 2.24) is 0 Å². The van der Waals surface area contributed by atoms with Crippen LogP contribution in [0.2, 0.25) is 0 Å². The Morgan fingerprint density at radius 1 is 1.55 bits per heavy atom. The van der Waals surface area contributed by atoms with Crippen molar-refractivity contribution in [3.8, 4) is 18.1 Å². The van der Waals surface area contributed by atoms with Gasteiger partial charge in [-0.1, -0.05) is 6.07 Å².